The van der Waals surface area contributed by atoms with Gasteiger partial charge >= 0.3 is 0 Å². The van der Waals surface area contributed by atoms with Crippen LogP contribution in [0, 0.1) is 0 Å². The van der Waals surface area contributed by atoms with E-state index in [0.717, 1.165) is 63.4 Å². The van der Waals surface area contributed by atoms with Gasteiger partial charge in [0.15, 0.2) is 0 Å². The zero-order valence-corrected chi connectivity index (χ0v) is 34.9. The third-order valence-corrected chi connectivity index (χ3v) is 13.6. The van der Waals surface area contributed by atoms with Gasteiger partial charge in [-0.05, 0) is 109 Å². The molecule has 300 valence electrons. The van der Waals surface area contributed by atoms with E-state index in [2.05, 4.69) is 231 Å². The van der Waals surface area contributed by atoms with E-state index in [1.54, 1.807) is 0 Å². The van der Waals surface area contributed by atoms with Crippen molar-refractivity contribution in [2.24, 2.45) is 0 Å². The fourth-order valence-electron chi connectivity index (χ4n) is 11.0. The number of nitrogens with zero attached hydrogens (tertiary/aromatic N) is 5. The van der Waals surface area contributed by atoms with Crippen LogP contribution in [0.25, 0.3) is 117 Å². The maximum Gasteiger partial charge on any atom is 0.140 e. The Balaban J connectivity index is 1.02. The number of fused-ring (bicyclic) bond motifs is 12. The maximum absolute atomic E-state index is 5.52. The first-order chi connectivity index (χ1) is 31.8. The van der Waals surface area contributed by atoms with Gasteiger partial charge in [0.05, 0.1) is 38.6 Å². The lowest BCUT2D eigenvalue weighted by Crippen LogP contribution is -2.03. The third kappa shape index (κ3) is 4.98. The largest absolute Gasteiger partial charge is 0.310 e. The number of hydrogen-bond acceptors (Lipinski definition) is 1. The summed E-state index contributed by atoms with van der Waals surface area (Å²) in [4.78, 5) is 5.52. The summed E-state index contributed by atoms with van der Waals surface area (Å²) in [6.45, 7) is 0. The Kier molecular flexibility index (Phi) is 7.45. The molecule has 0 unspecified atom stereocenters. The van der Waals surface area contributed by atoms with Gasteiger partial charge < -0.3 is 9.13 Å². The highest BCUT2D eigenvalue weighted by Crippen LogP contribution is 2.42. The topological polar surface area (TPSA) is 32.6 Å². The molecule has 0 atom stereocenters. The number of aryl methyl sites for hydroxylation is 1. The van der Waals surface area contributed by atoms with E-state index in [4.69, 9.17) is 4.98 Å². The van der Waals surface area contributed by atoms with Crippen molar-refractivity contribution < 1.29 is 0 Å². The number of rotatable bonds is 5. The molecule has 0 spiro atoms. The SMILES string of the molecule is C1=Cc2c(c3ccccc3n2-c2ccc3c(c2)c2cc(-c4cccc5c6ccccc6n(-c6cccc(-n7c8ccccc8c8ccccc87)n6)c45)ccc2n3-c2ccccc2)CC1. The predicted molar refractivity (Wildman–Crippen MR) is 267 cm³/mol. The molecule has 1 aliphatic carbocycles. The summed E-state index contributed by atoms with van der Waals surface area (Å²) in [7, 11) is 0. The first kappa shape index (κ1) is 35.2. The molecule has 64 heavy (non-hydrogen) atoms. The van der Waals surface area contributed by atoms with Gasteiger partial charge in [0.25, 0.3) is 0 Å². The predicted octanol–water partition coefficient (Wildman–Crippen LogP) is 14.9. The number of hydrogen-bond donors (Lipinski definition) is 0. The average molecular weight is 818 g/mol. The highest BCUT2D eigenvalue weighted by molar-refractivity contribution is 6.16. The van der Waals surface area contributed by atoms with Gasteiger partial charge in [-0.1, -0.05) is 127 Å². The van der Waals surface area contributed by atoms with Gasteiger partial charge in [-0.15, -0.1) is 0 Å². The number of para-hydroxylation sites is 6. The quantitative estimate of drug-likeness (QED) is 0.170. The van der Waals surface area contributed by atoms with E-state index in [1.165, 1.54) is 71.2 Å². The molecule has 5 nitrogen and oxygen atoms in total. The molecule has 13 aromatic rings. The highest BCUT2D eigenvalue weighted by atomic mass is 15.1. The molecule has 0 amide bonds. The Morgan fingerprint density at radius 3 is 1.64 bits per heavy atom. The van der Waals surface area contributed by atoms with Gasteiger partial charge in [0.1, 0.15) is 11.6 Å². The van der Waals surface area contributed by atoms with Gasteiger partial charge in [-0.3, -0.25) is 9.13 Å². The summed E-state index contributed by atoms with van der Waals surface area (Å²) in [5, 5.41) is 8.62. The third-order valence-electron chi connectivity index (χ3n) is 13.6. The molecular weight excluding hydrogens is 779 g/mol. The lowest BCUT2D eigenvalue weighted by atomic mass is 9.99. The van der Waals surface area contributed by atoms with E-state index >= 15 is 0 Å². The van der Waals surface area contributed by atoms with Crippen LogP contribution in [0.3, 0.4) is 0 Å². The Bertz CT molecular complexity index is 4020. The Labute approximate surface area is 368 Å². The minimum absolute atomic E-state index is 0.876. The minimum Gasteiger partial charge on any atom is -0.310 e. The molecule has 0 radical (unpaired) electrons. The van der Waals surface area contributed by atoms with Crippen LogP contribution in [0.1, 0.15) is 17.7 Å². The monoisotopic (exact) mass is 817 g/mol. The van der Waals surface area contributed by atoms with Gasteiger partial charge in [-0.2, -0.15) is 0 Å². The number of allylic oxidation sites excluding steroid dienone is 1. The molecule has 5 aromatic heterocycles. The maximum atomic E-state index is 5.52. The van der Waals surface area contributed by atoms with Crippen molar-refractivity contribution in [3.63, 3.8) is 0 Å². The van der Waals surface area contributed by atoms with E-state index in [0.29, 0.717) is 0 Å². The van der Waals surface area contributed by atoms with Crippen LogP contribution in [-0.2, 0) is 6.42 Å². The summed E-state index contributed by atoms with van der Waals surface area (Å²) in [6, 6.07) is 72.9. The van der Waals surface area contributed by atoms with E-state index in [9.17, 15) is 0 Å². The van der Waals surface area contributed by atoms with Crippen molar-refractivity contribution in [3.05, 3.63) is 218 Å². The van der Waals surface area contributed by atoms with E-state index in [1.807, 2.05) is 0 Å². The Hall–Kier alpha value is -8.41. The van der Waals surface area contributed by atoms with Crippen LogP contribution >= 0.6 is 0 Å². The Morgan fingerprint density at radius 2 is 0.906 bits per heavy atom. The summed E-state index contributed by atoms with van der Waals surface area (Å²) < 4.78 is 9.56. The molecule has 0 fully saturated rings. The van der Waals surface area contributed by atoms with Crippen molar-refractivity contribution in [1.29, 1.82) is 0 Å². The zero-order valence-electron chi connectivity index (χ0n) is 34.9. The van der Waals surface area contributed by atoms with Gasteiger partial charge in [-0.25, -0.2) is 4.98 Å². The van der Waals surface area contributed by atoms with Crippen LogP contribution in [-0.4, -0.2) is 23.3 Å². The van der Waals surface area contributed by atoms with Crippen molar-refractivity contribution in [2.45, 2.75) is 12.8 Å². The molecular formula is C59H39N5. The fourth-order valence-corrected chi connectivity index (χ4v) is 11.0. The second-order valence-electron chi connectivity index (χ2n) is 17.0. The number of aromatic nitrogens is 5. The molecule has 0 saturated heterocycles. The Morgan fingerprint density at radius 1 is 0.359 bits per heavy atom. The molecule has 5 heterocycles. The molecule has 0 N–H and O–H groups in total. The lowest BCUT2D eigenvalue weighted by Gasteiger charge is -2.14. The van der Waals surface area contributed by atoms with Crippen LogP contribution in [0.15, 0.2) is 206 Å². The van der Waals surface area contributed by atoms with Gasteiger partial charge in [0, 0.05) is 60.3 Å². The lowest BCUT2D eigenvalue weighted by molar-refractivity contribution is 0.968. The van der Waals surface area contributed by atoms with Crippen molar-refractivity contribution >= 4 is 82.4 Å². The molecule has 5 heteroatoms. The molecule has 1 aliphatic rings. The second kappa shape index (κ2) is 13.5. The van der Waals surface area contributed by atoms with E-state index in [-0.39, 0.29) is 0 Å². The second-order valence-corrected chi connectivity index (χ2v) is 17.0. The molecule has 8 aromatic carbocycles. The first-order valence-electron chi connectivity index (χ1n) is 22.2. The van der Waals surface area contributed by atoms with Crippen LogP contribution in [0.4, 0.5) is 0 Å². The summed E-state index contributed by atoms with van der Waals surface area (Å²) in [5.74, 6) is 1.76. The zero-order chi connectivity index (χ0) is 41.9. The molecule has 0 bridgehead atoms. The van der Waals surface area contributed by atoms with Gasteiger partial charge in [0.2, 0.25) is 0 Å². The highest BCUT2D eigenvalue weighted by Gasteiger charge is 2.23. The molecule has 14 rings (SSSR count). The van der Waals surface area contributed by atoms with Crippen molar-refractivity contribution in [1.82, 2.24) is 23.3 Å². The normalized spacial score (nSPS) is 12.8. The fraction of sp³-hybridized carbons (Fsp3) is 0.0339. The number of pyridine rings is 1. The summed E-state index contributed by atoms with van der Waals surface area (Å²) in [5.41, 5.74) is 15.5. The average Bonchev–Trinajstić information content (AvgIpc) is 4.09. The van der Waals surface area contributed by atoms with Crippen molar-refractivity contribution in [3.8, 4) is 34.1 Å². The standard InChI is InChI=1S/C59H39N5/c1-2-16-39(17-3-1)61-55-34-32-38(36-48(55)49-37-40(33-35-56(49)61)62-50-25-9-4-18-42(50)43-19-5-10-26-51(43)62)41-23-14-24-47-46-22-8-13-29-54(46)64(59(41)47)58-31-15-30-57(60-58)63-52-27-11-6-20-44(52)45-21-7-12-28-53(45)63/h1-4,6-18,20-37H,5,19H2. The van der Waals surface area contributed by atoms with Crippen molar-refractivity contribution in [2.75, 3.05) is 0 Å². The minimum atomic E-state index is 0.876. The van der Waals surface area contributed by atoms with E-state index < -0.39 is 0 Å². The van der Waals surface area contributed by atoms with Crippen LogP contribution in [0.5, 0.6) is 0 Å². The first-order valence-corrected chi connectivity index (χ1v) is 22.2. The summed E-state index contributed by atoms with van der Waals surface area (Å²) >= 11 is 0. The smallest absolute Gasteiger partial charge is 0.140 e. The summed E-state index contributed by atoms with van der Waals surface area (Å²) in [6.07, 6.45) is 6.77. The number of benzene rings is 8. The molecule has 0 aliphatic heterocycles. The van der Waals surface area contributed by atoms with Crippen LogP contribution < -0.4 is 0 Å². The van der Waals surface area contributed by atoms with Crippen LogP contribution in [0.2, 0.25) is 0 Å². The molecule has 0 saturated carbocycles.